The summed E-state index contributed by atoms with van der Waals surface area (Å²) in [6, 6.07) is 14.3. The van der Waals surface area contributed by atoms with Crippen LogP contribution in [0.3, 0.4) is 0 Å². The summed E-state index contributed by atoms with van der Waals surface area (Å²) < 4.78 is 10.0. The van der Waals surface area contributed by atoms with Crippen molar-refractivity contribution in [2.75, 3.05) is 19.0 Å². The van der Waals surface area contributed by atoms with Gasteiger partial charge in [-0.05, 0) is 42.3 Å². The normalized spacial score (nSPS) is 10.2. The van der Waals surface area contributed by atoms with Crippen LogP contribution in [-0.2, 0) is 20.9 Å². The molecule has 23 heavy (non-hydrogen) atoms. The van der Waals surface area contributed by atoms with E-state index in [4.69, 9.17) is 9.47 Å². The van der Waals surface area contributed by atoms with Gasteiger partial charge in [-0.3, -0.25) is 4.79 Å². The molecule has 5 heteroatoms. The van der Waals surface area contributed by atoms with Crippen molar-refractivity contribution < 1.29 is 19.1 Å². The van der Waals surface area contributed by atoms with Crippen molar-refractivity contribution in [1.29, 1.82) is 0 Å². The van der Waals surface area contributed by atoms with Crippen molar-refractivity contribution in [1.82, 2.24) is 0 Å². The van der Waals surface area contributed by atoms with Crippen LogP contribution < -0.4 is 5.32 Å². The molecule has 1 N–H and O–H groups in total. The molecule has 0 saturated heterocycles. The van der Waals surface area contributed by atoms with Crippen LogP contribution in [0.15, 0.2) is 48.5 Å². The fourth-order valence-corrected chi connectivity index (χ4v) is 2.04. The lowest BCUT2D eigenvalue weighted by Gasteiger charge is -2.07. The second-order valence-electron chi connectivity index (χ2n) is 5.12. The highest BCUT2D eigenvalue weighted by molar-refractivity contribution is 5.95. The molecule has 0 aromatic heterocycles. The van der Waals surface area contributed by atoms with Gasteiger partial charge >= 0.3 is 5.97 Å². The van der Waals surface area contributed by atoms with E-state index in [9.17, 15) is 9.59 Å². The minimum atomic E-state index is -0.534. The molecule has 0 aliphatic carbocycles. The molecule has 120 valence electrons. The lowest BCUT2D eigenvalue weighted by Crippen LogP contribution is -2.20. The summed E-state index contributed by atoms with van der Waals surface area (Å²) in [5, 5.41) is 2.68. The summed E-state index contributed by atoms with van der Waals surface area (Å²) in [6.07, 6.45) is 0. The summed E-state index contributed by atoms with van der Waals surface area (Å²) >= 11 is 0. The first kappa shape index (κ1) is 16.7. The summed E-state index contributed by atoms with van der Waals surface area (Å²) in [7, 11) is 1.61. The number of hydrogen-bond acceptors (Lipinski definition) is 4. The number of methoxy groups -OCH3 is 1. The van der Waals surface area contributed by atoms with Crippen LogP contribution in [0.25, 0.3) is 0 Å². The predicted molar refractivity (Wildman–Crippen MR) is 87.2 cm³/mol. The third-order valence-electron chi connectivity index (χ3n) is 3.14. The van der Waals surface area contributed by atoms with E-state index in [1.165, 1.54) is 0 Å². The van der Waals surface area contributed by atoms with Gasteiger partial charge in [0.15, 0.2) is 6.61 Å². The van der Waals surface area contributed by atoms with Crippen LogP contribution in [0.2, 0.25) is 0 Å². The summed E-state index contributed by atoms with van der Waals surface area (Å²) in [5.74, 6) is -0.909. The number of benzene rings is 2. The topological polar surface area (TPSA) is 64.6 Å². The number of rotatable bonds is 6. The first-order chi connectivity index (χ1) is 11.1. The Labute approximate surface area is 135 Å². The lowest BCUT2D eigenvalue weighted by atomic mass is 10.1. The highest BCUT2D eigenvalue weighted by atomic mass is 16.5. The molecule has 0 radical (unpaired) electrons. The van der Waals surface area contributed by atoms with E-state index < -0.39 is 5.97 Å². The first-order valence-electron chi connectivity index (χ1n) is 7.20. The number of nitrogens with one attached hydrogen (secondary N) is 1. The standard InChI is InChI=1S/C18H19NO4/c1-13-4-3-5-16(10-13)19-17(20)12-23-18(21)15-8-6-14(7-9-15)11-22-2/h3-10H,11-12H2,1-2H3,(H,19,20). The Morgan fingerprint density at radius 3 is 2.48 bits per heavy atom. The Hall–Kier alpha value is -2.66. The number of aryl methyl sites for hydroxylation is 1. The summed E-state index contributed by atoms with van der Waals surface area (Å²) in [4.78, 5) is 23.7. The second-order valence-corrected chi connectivity index (χ2v) is 5.12. The Morgan fingerprint density at radius 1 is 1.09 bits per heavy atom. The van der Waals surface area contributed by atoms with Gasteiger partial charge in [-0.25, -0.2) is 4.79 Å². The minimum absolute atomic E-state index is 0.327. The van der Waals surface area contributed by atoms with E-state index >= 15 is 0 Å². The van der Waals surface area contributed by atoms with Crippen molar-refractivity contribution in [3.05, 3.63) is 65.2 Å². The molecule has 0 bridgehead atoms. The monoisotopic (exact) mass is 313 g/mol. The number of carbonyl (C=O) groups is 2. The lowest BCUT2D eigenvalue weighted by molar-refractivity contribution is -0.119. The molecular weight excluding hydrogens is 294 g/mol. The molecule has 5 nitrogen and oxygen atoms in total. The predicted octanol–water partition coefficient (Wildman–Crippen LogP) is 2.94. The van der Waals surface area contributed by atoms with Gasteiger partial charge in [-0.2, -0.15) is 0 Å². The number of carbonyl (C=O) groups excluding carboxylic acids is 2. The van der Waals surface area contributed by atoms with Crippen LogP contribution >= 0.6 is 0 Å². The molecule has 2 aromatic carbocycles. The fourth-order valence-electron chi connectivity index (χ4n) is 2.04. The Balaban J connectivity index is 1.84. The maximum Gasteiger partial charge on any atom is 0.338 e. The number of amides is 1. The van der Waals surface area contributed by atoms with E-state index in [1.54, 1.807) is 37.4 Å². The van der Waals surface area contributed by atoms with Gasteiger partial charge in [0.2, 0.25) is 0 Å². The zero-order valence-corrected chi connectivity index (χ0v) is 13.2. The van der Waals surface area contributed by atoms with E-state index in [-0.39, 0.29) is 12.5 Å². The highest BCUT2D eigenvalue weighted by Gasteiger charge is 2.10. The molecule has 2 aromatic rings. The van der Waals surface area contributed by atoms with Crippen LogP contribution in [0.1, 0.15) is 21.5 Å². The van der Waals surface area contributed by atoms with Gasteiger partial charge in [0, 0.05) is 12.8 Å². The number of esters is 1. The first-order valence-corrected chi connectivity index (χ1v) is 7.20. The van der Waals surface area contributed by atoms with Crippen LogP contribution in [0.4, 0.5) is 5.69 Å². The molecule has 1 amide bonds. The van der Waals surface area contributed by atoms with Crippen molar-refractivity contribution in [2.24, 2.45) is 0 Å². The summed E-state index contributed by atoms with van der Waals surface area (Å²) in [6.45, 7) is 2.09. The smallest absolute Gasteiger partial charge is 0.338 e. The molecule has 2 rings (SSSR count). The van der Waals surface area contributed by atoms with Crippen LogP contribution in [-0.4, -0.2) is 25.6 Å². The largest absolute Gasteiger partial charge is 0.452 e. The van der Waals surface area contributed by atoms with Crippen LogP contribution in [0, 0.1) is 6.92 Å². The third kappa shape index (κ3) is 5.23. The Morgan fingerprint density at radius 2 is 1.83 bits per heavy atom. The molecule has 0 heterocycles. The zero-order valence-electron chi connectivity index (χ0n) is 13.2. The zero-order chi connectivity index (χ0) is 16.7. The quantitative estimate of drug-likeness (QED) is 0.833. The minimum Gasteiger partial charge on any atom is -0.452 e. The van der Waals surface area contributed by atoms with E-state index in [0.29, 0.717) is 17.9 Å². The van der Waals surface area contributed by atoms with Crippen molar-refractivity contribution in [2.45, 2.75) is 13.5 Å². The van der Waals surface area contributed by atoms with Crippen molar-refractivity contribution >= 4 is 17.6 Å². The maximum atomic E-state index is 11.9. The average molecular weight is 313 g/mol. The highest BCUT2D eigenvalue weighted by Crippen LogP contribution is 2.10. The molecule has 0 saturated carbocycles. The van der Waals surface area contributed by atoms with Gasteiger partial charge in [0.1, 0.15) is 0 Å². The second kappa shape index (κ2) is 8.10. The molecule has 0 spiro atoms. The SMILES string of the molecule is COCc1ccc(C(=O)OCC(=O)Nc2cccc(C)c2)cc1. The van der Waals surface area contributed by atoms with E-state index in [1.807, 2.05) is 25.1 Å². The Bertz CT molecular complexity index is 680. The van der Waals surface area contributed by atoms with Crippen molar-refractivity contribution in [3.63, 3.8) is 0 Å². The molecule has 0 aliphatic heterocycles. The number of hydrogen-bond donors (Lipinski definition) is 1. The molecular formula is C18H19NO4. The fraction of sp³-hybridized carbons (Fsp3) is 0.222. The Kier molecular flexibility index (Phi) is 5.88. The summed E-state index contributed by atoms with van der Waals surface area (Å²) in [5.41, 5.74) is 3.07. The molecule has 0 aliphatic rings. The van der Waals surface area contributed by atoms with Gasteiger partial charge < -0.3 is 14.8 Å². The van der Waals surface area contributed by atoms with E-state index in [0.717, 1.165) is 11.1 Å². The van der Waals surface area contributed by atoms with Gasteiger partial charge in [-0.1, -0.05) is 24.3 Å². The van der Waals surface area contributed by atoms with Crippen molar-refractivity contribution in [3.8, 4) is 0 Å². The maximum absolute atomic E-state index is 11.9. The van der Waals surface area contributed by atoms with Gasteiger partial charge in [0.05, 0.1) is 12.2 Å². The van der Waals surface area contributed by atoms with E-state index in [2.05, 4.69) is 5.32 Å². The molecule has 0 fully saturated rings. The number of anilines is 1. The third-order valence-corrected chi connectivity index (χ3v) is 3.14. The molecule has 0 unspecified atom stereocenters. The molecule has 0 atom stereocenters. The van der Waals surface area contributed by atoms with Gasteiger partial charge in [0.25, 0.3) is 5.91 Å². The number of ether oxygens (including phenoxy) is 2. The van der Waals surface area contributed by atoms with Gasteiger partial charge in [-0.15, -0.1) is 0 Å². The average Bonchev–Trinajstić information content (AvgIpc) is 2.54. The van der Waals surface area contributed by atoms with Crippen LogP contribution in [0.5, 0.6) is 0 Å².